The second-order valence-corrected chi connectivity index (χ2v) is 5.42. The maximum absolute atomic E-state index is 12.1. The zero-order valence-electron chi connectivity index (χ0n) is 11.7. The van der Waals surface area contributed by atoms with Crippen molar-refractivity contribution in [3.05, 3.63) is 30.5 Å². The molecule has 0 atom stereocenters. The number of nitrogens with one attached hydrogen (secondary N) is 1. The zero-order chi connectivity index (χ0) is 14.0. The average molecular weight is 258 g/mol. The molecule has 100 valence electrons. The number of pyridine rings is 1. The molecule has 1 heterocycles. The van der Waals surface area contributed by atoms with Crippen LogP contribution < -0.4 is 10.1 Å². The number of nitrogens with zero attached hydrogens (tertiary/aromatic N) is 1. The summed E-state index contributed by atoms with van der Waals surface area (Å²) in [6.07, 6.45) is 1.71. The molecule has 0 aliphatic carbocycles. The molecule has 0 saturated heterocycles. The Bertz CT molecular complexity index is 615. The van der Waals surface area contributed by atoms with Crippen molar-refractivity contribution in [1.82, 2.24) is 4.98 Å². The van der Waals surface area contributed by atoms with E-state index in [0.717, 1.165) is 16.6 Å². The maximum Gasteiger partial charge on any atom is 0.229 e. The molecule has 0 saturated carbocycles. The number of anilines is 1. The molecular formula is C15H18N2O2. The summed E-state index contributed by atoms with van der Waals surface area (Å²) in [5.41, 5.74) is 1.06. The minimum atomic E-state index is -0.436. The monoisotopic (exact) mass is 258 g/mol. The Morgan fingerprint density at radius 2 is 2.00 bits per heavy atom. The summed E-state index contributed by atoms with van der Waals surface area (Å²) in [5.74, 6) is 0.673. The highest BCUT2D eigenvalue weighted by Crippen LogP contribution is 2.30. The van der Waals surface area contributed by atoms with Crippen LogP contribution in [-0.2, 0) is 4.79 Å². The van der Waals surface area contributed by atoms with Crippen LogP contribution in [0.15, 0.2) is 30.5 Å². The lowest BCUT2D eigenvalue weighted by molar-refractivity contribution is -0.123. The average Bonchev–Trinajstić information content (AvgIpc) is 2.38. The molecule has 2 aromatic rings. The molecule has 4 heteroatoms. The molecule has 0 unspecified atom stereocenters. The molecule has 0 spiro atoms. The van der Waals surface area contributed by atoms with E-state index in [4.69, 9.17) is 4.74 Å². The molecule has 0 aliphatic rings. The molecular weight excluding hydrogens is 240 g/mol. The van der Waals surface area contributed by atoms with Gasteiger partial charge in [-0.2, -0.15) is 0 Å². The first kappa shape index (κ1) is 13.3. The van der Waals surface area contributed by atoms with E-state index in [9.17, 15) is 4.79 Å². The van der Waals surface area contributed by atoms with Gasteiger partial charge in [-0.15, -0.1) is 0 Å². The molecule has 1 aromatic carbocycles. The Labute approximate surface area is 112 Å². The van der Waals surface area contributed by atoms with Crippen molar-refractivity contribution < 1.29 is 9.53 Å². The number of aromatic nitrogens is 1. The highest BCUT2D eigenvalue weighted by Gasteiger charge is 2.22. The Balaban J connectivity index is 2.48. The lowest BCUT2D eigenvalue weighted by Gasteiger charge is -2.19. The van der Waals surface area contributed by atoms with E-state index in [1.54, 1.807) is 13.3 Å². The fourth-order valence-electron chi connectivity index (χ4n) is 1.73. The number of methoxy groups -OCH3 is 1. The van der Waals surface area contributed by atoms with Crippen molar-refractivity contribution in [3.8, 4) is 5.75 Å². The third-order valence-corrected chi connectivity index (χ3v) is 2.88. The van der Waals surface area contributed by atoms with E-state index >= 15 is 0 Å². The molecule has 0 bridgehead atoms. The minimum absolute atomic E-state index is 0.0252. The Kier molecular flexibility index (Phi) is 3.42. The SMILES string of the molecule is COc1ccc(NC(=O)C(C)(C)C)c2cccnc12. The van der Waals surface area contributed by atoms with Gasteiger partial charge in [0.15, 0.2) is 0 Å². The lowest BCUT2D eigenvalue weighted by Crippen LogP contribution is -2.27. The van der Waals surface area contributed by atoms with Gasteiger partial charge in [0.2, 0.25) is 5.91 Å². The molecule has 0 aliphatic heterocycles. The van der Waals surface area contributed by atoms with Gasteiger partial charge in [0.25, 0.3) is 0 Å². The number of hydrogen-bond acceptors (Lipinski definition) is 3. The first-order valence-electron chi connectivity index (χ1n) is 6.16. The Morgan fingerprint density at radius 3 is 2.63 bits per heavy atom. The number of rotatable bonds is 2. The fourth-order valence-corrected chi connectivity index (χ4v) is 1.73. The normalized spacial score (nSPS) is 11.4. The number of benzene rings is 1. The van der Waals surface area contributed by atoms with Crippen molar-refractivity contribution in [2.24, 2.45) is 5.41 Å². The molecule has 2 rings (SSSR count). The second kappa shape index (κ2) is 4.88. The van der Waals surface area contributed by atoms with Gasteiger partial charge in [-0.05, 0) is 24.3 Å². The first-order valence-corrected chi connectivity index (χ1v) is 6.16. The van der Waals surface area contributed by atoms with Crippen LogP contribution in [0.25, 0.3) is 10.9 Å². The van der Waals surface area contributed by atoms with Gasteiger partial charge in [-0.25, -0.2) is 0 Å². The van der Waals surface area contributed by atoms with Gasteiger partial charge in [-0.1, -0.05) is 20.8 Å². The predicted octanol–water partition coefficient (Wildman–Crippen LogP) is 3.23. The Hall–Kier alpha value is -2.10. The van der Waals surface area contributed by atoms with Crippen LogP contribution >= 0.6 is 0 Å². The largest absolute Gasteiger partial charge is 0.494 e. The fraction of sp³-hybridized carbons (Fsp3) is 0.333. The molecule has 0 radical (unpaired) electrons. The maximum atomic E-state index is 12.1. The van der Waals surface area contributed by atoms with Crippen LogP contribution in [0.3, 0.4) is 0 Å². The first-order chi connectivity index (χ1) is 8.93. The number of fused-ring (bicyclic) bond motifs is 1. The summed E-state index contributed by atoms with van der Waals surface area (Å²) in [5, 5.41) is 3.82. The summed E-state index contributed by atoms with van der Waals surface area (Å²) in [6, 6.07) is 7.41. The van der Waals surface area contributed by atoms with Gasteiger partial charge < -0.3 is 10.1 Å². The molecule has 1 N–H and O–H groups in total. The van der Waals surface area contributed by atoms with Gasteiger partial charge in [-0.3, -0.25) is 9.78 Å². The summed E-state index contributed by atoms with van der Waals surface area (Å²) in [4.78, 5) is 16.4. The zero-order valence-corrected chi connectivity index (χ0v) is 11.7. The van der Waals surface area contributed by atoms with Crippen LogP contribution in [0.4, 0.5) is 5.69 Å². The summed E-state index contributed by atoms with van der Waals surface area (Å²) >= 11 is 0. The molecule has 1 aromatic heterocycles. The van der Waals surface area contributed by atoms with E-state index in [1.807, 2.05) is 45.0 Å². The molecule has 4 nitrogen and oxygen atoms in total. The highest BCUT2D eigenvalue weighted by atomic mass is 16.5. The number of ether oxygens (including phenoxy) is 1. The molecule has 19 heavy (non-hydrogen) atoms. The second-order valence-electron chi connectivity index (χ2n) is 5.42. The lowest BCUT2D eigenvalue weighted by atomic mass is 9.95. The van der Waals surface area contributed by atoms with E-state index < -0.39 is 5.41 Å². The topological polar surface area (TPSA) is 51.2 Å². The van der Waals surface area contributed by atoms with Crippen LogP contribution in [0, 0.1) is 5.41 Å². The third kappa shape index (κ3) is 2.67. The smallest absolute Gasteiger partial charge is 0.229 e. The standard InChI is InChI=1S/C15H18N2O2/c1-15(2,3)14(18)17-11-7-8-12(19-4)13-10(11)6-5-9-16-13/h5-9H,1-4H3,(H,17,18). The number of carbonyl (C=O) groups excluding carboxylic acids is 1. The summed E-state index contributed by atoms with van der Waals surface area (Å²) in [6.45, 7) is 5.64. The van der Waals surface area contributed by atoms with Crippen molar-refractivity contribution in [2.75, 3.05) is 12.4 Å². The minimum Gasteiger partial charge on any atom is -0.494 e. The number of hydrogen-bond donors (Lipinski definition) is 1. The summed E-state index contributed by atoms with van der Waals surface area (Å²) < 4.78 is 5.28. The number of carbonyl (C=O) groups is 1. The number of amides is 1. The van der Waals surface area contributed by atoms with Crippen molar-refractivity contribution >= 4 is 22.5 Å². The van der Waals surface area contributed by atoms with E-state index in [-0.39, 0.29) is 5.91 Å². The van der Waals surface area contributed by atoms with E-state index in [1.165, 1.54) is 0 Å². The summed E-state index contributed by atoms with van der Waals surface area (Å²) in [7, 11) is 1.61. The van der Waals surface area contributed by atoms with Crippen molar-refractivity contribution in [2.45, 2.75) is 20.8 Å². The van der Waals surface area contributed by atoms with Crippen LogP contribution in [0.5, 0.6) is 5.75 Å². The van der Waals surface area contributed by atoms with Crippen LogP contribution in [0.2, 0.25) is 0 Å². The highest BCUT2D eigenvalue weighted by molar-refractivity contribution is 6.04. The van der Waals surface area contributed by atoms with Gasteiger partial charge in [0, 0.05) is 17.0 Å². The quantitative estimate of drug-likeness (QED) is 0.899. The molecule has 1 amide bonds. The van der Waals surface area contributed by atoms with Gasteiger partial charge in [0.1, 0.15) is 11.3 Å². The van der Waals surface area contributed by atoms with E-state index in [2.05, 4.69) is 10.3 Å². The van der Waals surface area contributed by atoms with Crippen LogP contribution in [0.1, 0.15) is 20.8 Å². The predicted molar refractivity (Wildman–Crippen MR) is 76.4 cm³/mol. The van der Waals surface area contributed by atoms with Crippen molar-refractivity contribution in [1.29, 1.82) is 0 Å². The van der Waals surface area contributed by atoms with Gasteiger partial charge >= 0.3 is 0 Å². The van der Waals surface area contributed by atoms with Gasteiger partial charge in [0.05, 0.1) is 12.8 Å². The van der Waals surface area contributed by atoms with Crippen LogP contribution in [-0.4, -0.2) is 18.0 Å². The van der Waals surface area contributed by atoms with Crippen molar-refractivity contribution in [3.63, 3.8) is 0 Å². The van der Waals surface area contributed by atoms with E-state index in [0.29, 0.717) is 5.75 Å². The molecule has 0 fully saturated rings. The third-order valence-electron chi connectivity index (χ3n) is 2.88. The Morgan fingerprint density at radius 1 is 1.26 bits per heavy atom.